The maximum absolute atomic E-state index is 11.8. The van der Waals surface area contributed by atoms with Gasteiger partial charge in [0.25, 0.3) is 0 Å². The van der Waals surface area contributed by atoms with Crippen molar-refractivity contribution in [3.63, 3.8) is 0 Å². The first kappa shape index (κ1) is 11.9. The van der Waals surface area contributed by atoms with E-state index in [9.17, 15) is 4.79 Å². The number of hydrogen-bond acceptors (Lipinski definition) is 3. The van der Waals surface area contributed by atoms with Crippen LogP contribution in [0.3, 0.4) is 0 Å². The van der Waals surface area contributed by atoms with Crippen LogP contribution in [0.1, 0.15) is 25.7 Å². The highest BCUT2D eigenvalue weighted by Crippen LogP contribution is 2.40. The lowest BCUT2D eigenvalue weighted by atomic mass is 9.69. The number of ether oxygens (including phenoxy) is 2. The van der Waals surface area contributed by atoms with E-state index in [-0.39, 0.29) is 17.2 Å². The lowest BCUT2D eigenvalue weighted by Crippen LogP contribution is -2.46. The number of carbonyl (C=O) groups excluding carboxylic acids is 1. The topological polar surface area (TPSA) is 47.6 Å². The third-order valence-corrected chi connectivity index (χ3v) is 3.80. The standard InChI is InChI=1S/C12H21NO3/c1-15-9-12(4-2-5-12)8-13-11(14)10-3-6-16-7-10/h10H,2-9H2,1H3,(H,13,14)/t10-/m0/s1. The van der Waals surface area contributed by atoms with Gasteiger partial charge < -0.3 is 14.8 Å². The van der Waals surface area contributed by atoms with E-state index in [1.165, 1.54) is 19.3 Å². The maximum atomic E-state index is 11.8. The number of amides is 1. The van der Waals surface area contributed by atoms with Crippen molar-refractivity contribution in [2.24, 2.45) is 11.3 Å². The van der Waals surface area contributed by atoms with Crippen LogP contribution in [0.5, 0.6) is 0 Å². The van der Waals surface area contributed by atoms with Crippen LogP contribution in [0.4, 0.5) is 0 Å². The summed E-state index contributed by atoms with van der Waals surface area (Å²) in [5.41, 5.74) is 0.212. The van der Waals surface area contributed by atoms with Crippen molar-refractivity contribution in [1.82, 2.24) is 5.32 Å². The minimum atomic E-state index is 0.0691. The third kappa shape index (κ3) is 2.55. The molecule has 1 saturated carbocycles. The average molecular weight is 227 g/mol. The van der Waals surface area contributed by atoms with Crippen molar-refractivity contribution in [3.8, 4) is 0 Å². The van der Waals surface area contributed by atoms with E-state index in [0.29, 0.717) is 6.61 Å². The molecule has 0 aromatic heterocycles. The smallest absolute Gasteiger partial charge is 0.225 e. The van der Waals surface area contributed by atoms with Gasteiger partial charge in [-0.3, -0.25) is 4.79 Å². The van der Waals surface area contributed by atoms with Gasteiger partial charge in [0.2, 0.25) is 5.91 Å². The summed E-state index contributed by atoms with van der Waals surface area (Å²) in [6.07, 6.45) is 4.46. The van der Waals surface area contributed by atoms with Crippen LogP contribution in [0.2, 0.25) is 0 Å². The number of methoxy groups -OCH3 is 1. The van der Waals surface area contributed by atoms with E-state index in [2.05, 4.69) is 5.32 Å². The summed E-state index contributed by atoms with van der Waals surface area (Å²) in [5.74, 6) is 0.222. The summed E-state index contributed by atoms with van der Waals surface area (Å²) in [4.78, 5) is 11.8. The molecule has 2 fully saturated rings. The molecule has 1 atom stereocenters. The van der Waals surface area contributed by atoms with E-state index in [0.717, 1.165) is 26.2 Å². The summed E-state index contributed by atoms with van der Waals surface area (Å²) in [6.45, 7) is 2.83. The Balaban J connectivity index is 1.74. The Morgan fingerprint density at radius 2 is 2.38 bits per heavy atom. The van der Waals surface area contributed by atoms with Crippen molar-refractivity contribution in [3.05, 3.63) is 0 Å². The monoisotopic (exact) mass is 227 g/mol. The molecule has 1 heterocycles. The quantitative estimate of drug-likeness (QED) is 0.761. The molecule has 2 aliphatic rings. The Morgan fingerprint density at radius 1 is 1.56 bits per heavy atom. The molecule has 1 aliphatic heterocycles. The fourth-order valence-electron chi connectivity index (χ4n) is 2.52. The molecule has 1 N–H and O–H groups in total. The highest BCUT2D eigenvalue weighted by molar-refractivity contribution is 5.79. The molecule has 0 radical (unpaired) electrons. The summed E-state index contributed by atoms with van der Waals surface area (Å²) in [6, 6.07) is 0. The summed E-state index contributed by atoms with van der Waals surface area (Å²) < 4.78 is 10.4. The Kier molecular flexibility index (Phi) is 3.82. The van der Waals surface area contributed by atoms with Gasteiger partial charge in [-0.05, 0) is 19.3 Å². The van der Waals surface area contributed by atoms with Gasteiger partial charge in [0.05, 0.1) is 19.1 Å². The highest BCUT2D eigenvalue weighted by Gasteiger charge is 2.37. The van der Waals surface area contributed by atoms with E-state index < -0.39 is 0 Å². The molecule has 4 nitrogen and oxygen atoms in total. The largest absolute Gasteiger partial charge is 0.384 e. The number of carbonyl (C=O) groups is 1. The lowest BCUT2D eigenvalue weighted by molar-refractivity contribution is -0.126. The molecule has 0 aromatic rings. The van der Waals surface area contributed by atoms with Crippen LogP contribution >= 0.6 is 0 Å². The molecule has 1 amide bonds. The predicted octanol–water partition coefficient (Wildman–Crippen LogP) is 0.956. The van der Waals surface area contributed by atoms with Gasteiger partial charge in [0, 0.05) is 25.7 Å². The van der Waals surface area contributed by atoms with Gasteiger partial charge in [0.15, 0.2) is 0 Å². The first-order valence-corrected chi connectivity index (χ1v) is 6.10. The summed E-state index contributed by atoms with van der Waals surface area (Å²) >= 11 is 0. The zero-order chi connectivity index (χ0) is 11.4. The number of nitrogens with one attached hydrogen (secondary N) is 1. The normalized spacial score (nSPS) is 27.4. The first-order chi connectivity index (χ1) is 7.76. The van der Waals surface area contributed by atoms with Crippen LogP contribution in [-0.2, 0) is 14.3 Å². The van der Waals surface area contributed by atoms with Crippen molar-refractivity contribution in [1.29, 1.82) is 0 Å². The highest BCUT2D eigenvalue weighted by atomic mass is 16.5. The van der Waals surface area contributed by atoms with Crippen LogP contribution in [0.15, 0.2) is 0 Å². The van der Waals surface area contributed by atoms with Crippen molar-refractivity contribution in [2.75, 3.05) is 33.5 Å². The van der Waals surface area contributed by atoms with E-state index in [4.69, 9.17) is 9.47 Å². The fourth-order valence-corrected chi connectivity index (χ4v) is 2.52. The Labute approximate surface area is 96.7 Å². The molecule has 0 spiro atoms. The van der Waals surface area contributed by atoms with E-state index >= 15 is 0 Å². The van der Waals surface area contributed by atoms with Gasteiger partial charge in [-0.25, -0.2) is 0 Å². The molecular weight excluding hydrogens is 206 g/mol. The molecule has 1 saturated heterocycles. The molecule has 0 unspecified atom stereocenters. The SMILES string of the molecule is COCC1(CNC(=O)[C@H]2CCOC2)CCC1. The van der Waals surface area contributed by atoms with Crippen LogP contribution in [0.25, 0.3) is 0 Å². The summed E-state index contributed by atoms with van der Waals surface area (Å²) in [7, 11) is 1.73. The fraction of sp³-hybridized carbons (Fsp3) is 0.917. The minimum absolute atomic E-state index is 0.0691. The Hall–Kier alpha value is -0.610. The van der Waals surface area contributed by atoms with Gasteiger partial charge in [0.1, 0.15) is 0 Å². The molecule has 16 heavy (non-hydrogen) atoms. The van der Waals surface area contributed by atoms with E-state index in [1.807, 2.05) is 0 Å². The lowest BCUT2D eigenvalue weighted by Gasteiger charge is -2.41. The third-order valence-electron chi connectivity index (χ3n) is 3.80. The second-order valence-corrected chi connectivity index (χ2v) is 5.06. The zero-order valence-electron chi connectivity index (χ0n) is 9.96. The Morgan fingerprint density at radius 3 is 2.88 bits per heavy atom. The van der Waals surface area contributed by atoms with Gasteiger partial charge in [-0.2, -0.15) is 0 Å². The van der Waals surface area contributed by atoms with E-state index in [1.54, 1.807) is 7.11 Å². The molecular formula is C12H21NO3. The maximum Gasteiger partial charge on any atom is 0.225 e. The van der Waals surface area contributed by atoms with Crippen molar-refractivity contribution >= 4 is 5.91 Å². The molecule has 0 bridgehead atoms. The Bertz CT molecular complexity index is 245. The minimum Gasteiger partial charge on any atom is -0.384 e. The van der Waals surface area contributed by atoms with Crippen LogP contribution in [-0.4, -0.2) is 39.4 Å². The van der Waals surface area contributed by atoms with Crippen molar-refractivity contribution < 1.29 is 14.3 Å². The van der Waals surface area contributed by atoms with Gasteiger partial charge >= 0.3 is 0 Å². The van der Waals surface area contributed by atoms with Crippen LogP contribution in [0, 0.1) is 11.3 Å². The molecule has 2 rings (SSSR count). The zero-order valence-corrected chi connectivity index (χ0v) is 9.96. The number of hydrogen-bond donors (Lipinski definition) is 1. The van der Waals surface area contributed by atoms with Gasteiger partial charge in [-0.15, -0.1) is 0 Å². The number of rotatable bonds is 5. The second-order valence-electron chi connectivity index (χ2n) is 5.06. The molecule has 4 heteroatoms. The predicted molar refractivity (Wildman–Crippen MR) is 60.1 cm³/mol. The first-order valence-electron chi connectivity index (χ1n) is 6.10. The molecule has 1 aliphatic carbocycles. The molecule has 0 aromatic carbocycles. The summed E-state index contributed by atoms with van der Waals surface area (Å²) in [5, 5.41) is 3.05. The van der Waals surface area contributed by atoms with Crippen LogP contribution < -0.4 is 5.32 Å². The van der Waals surface area contributed by atoms with Gasteiger partial charge in [-0.1, -0.05) is 6.42 Å². The van der Waals surface area contributed by atoms with Crippen molar-refractivity contribution in [2.45, 2.75) is 25.7 Å². The second kappa shape index (κ2) is 5.15. The molecule has 92 valence electrons. The average Bonchev–Trinajstić information content (AvgIpc) is 2.74.